The molecule has 21 heavy (non-hydrogen) atoms. The predicted molar refractivity (Wildman–Crippen MR) is 77.3 cm³/mol. The Hall–Kier alpha value is -2.22. The van der Waals surface area contributed by atoms with E-state index in [1.54, 1.807) is 0 Å². The number of anilines is 1. The van der Waals surface area contributed by atoms with Crippen molar-refractivity contribution in [2.24, 2.45) is 5.84 Å². The Morgan fingerprint density at radius 2 is 2.14 bits per heavy atom. The second-order valence-electron chi connectivity index (χ2n) is 4.62. The van der Waals surface area contributed by atoms with Crippen molar-refractivity contribution in [2.45, 2.75) is 39.2 Å². The molecule has 7 nitrogen and oxygen atoms in total. The zero-order chi connectivity index (χ0) is 16.0. The molecule has 1 unspecified atom stereocenters. The number of amides is 1. The molecule has 1 amide bonds. The van der Waals surface area contributed by atoms with E-state index < -0.39 is 22.3 Å². The fourth-order valence-corrected chi connectivity index (χ4v) is 2.00. The molecule has 0 heterocycles. The van der Waals surface area contributed by atoms with Gasteiger partial charge in [0.2, 0.25) is 0 Å². The largest absolute Gasteiger partial charge is 0.349 e. The van der Waals surface area contributed by atoms with Crippen molar-refractivity contribution in [3.63, 3.8) is 0 Å². The molecule has 0 fully saturated rings. The van der Waals surface area contributed by atoms with Crippen LogP contribution in [0.3, 0.4) is 0 Å². The van der Waals surface area contributed by atoms with E-state index >= 15 is 0 Å². The maximum atomic E-state index is 13.5. The van der Waals surface area contributed by atoms with E-state index in [2.05, 4.69) is 10.7 Å². The van der Waals surface area contributed by atoms with Gasteiger partial charge in [-0.3, -0.25) is 20.8 Å². The van der Waals surface area contributed by atoms with E-state index in [4.69, 9.17) is 5.84 Å². The monoisotopic (exact) mass is 298 g/mol. The molecule has 0 aromatic heterocycles. The van der Waals surface area contributed by atoms with Crippen LogP contribution in [0, 0.1) is 15.9 Å². The number of nitrogens with zero attached hydrogens (tertiary/aromatic N) is 1. The average Bonchev–Trinajstić information content (AvgIpc) is 2.46. The zero-order valence-electron chi connectivity index (χ0n) is 12.0. The van der Waals surface area contributed by atoms with Gasteiger partial charge in [-0.2, -0.15) is 0 Å². The molecule has 0 saturated carbocycles. The topological polar surface area (TPSA) is 110 Å². The number of hydrogen-bond donors (Lipinski definition) is 3. The maximum absolute atomic E-state index is 13.5. The fourth-order valence-electron chi connectivity index (χ4n) is 2.00. The van der Waals surface area contributed by atoms with Crippen molar-refractivity contribution in [2.75, 3.05) is 5.43 Å². The first-order chi connectivity index (χ1) is 9.94. The number of hydrogen-bond acceptors (Lipinski definition) is 5. The number of nitro groups is 1. The van der Waals surface area contributed by atoms with Gasteiger partial charge in [0.1, 0.15) is 5.56 Å². The summed E-state index contributed by atoms with van der Waals surface area (Å²) in [6.07, 6.45) is 2.34. The SMILES string of the molecule is CCCC(CC)NC(=O)c1cc(NN)c(F)cc1[N+](=O)[O-]. The standard InChI is InChI=1S/C13H19FN4O3/c1-3-5-8(4-2)16-13(19)9-6-11(17-15)10(14)7-12(9)18(20)21/h6-8,17H,3-5,15H2,1-2H3,(H,16,19). The number of hydrazine groups is 1. The number of benzene rings is 1. The summed E-state index contributed by atoms with van der Waals surface area (Å²) in [7, 11) is 0. The molecule has 0 radical (unpaired) electrons. The Morgan fingerprint density at radius 1 is 1.48 bits per heavy atom. The van der Waals surface area contributed by atoms with Crippen LogP contribution in [0.15, 0.2) is 12.1 Å². The molecule has 0 aliphatic carbocycles. The molecule has 1 rings (SSSR count). The third-order valence-corrected chi connectivity index (χ3v) is 3.15. The molecule has 116 valence electrons. The Bertz CT molecular complexity index is 536. The lowest BCUT2D eigenvalue weighted by atomic mass is 10.1. The van der Waals surface area contributed by atoms with Crippen molar-refractivity contribution in [3.05, 3.63) is 33.6 Å². The number of rotatable bonds is 7. The van der Waals surface area contributed by atoms with Crippen LogP contribution in [0.2, 0.25) is 0 Å². The Labute approximate surface area is 121 Å². The molecule has 1 atom stereocenters. The zero-order valence-corrected chi connectivity index (χ0v) is 12.0. The van der Waals surface area contributed by atoms with E-state index in [-0.39, 0.29) is 17.3 Å². The predicted octanol–water partition coefficient (Wildman–Crippen LogP) is 2.33. The smallest absolute Gasteiger partial charge is 0.285 e. The van der Waals surface area contributed by atoms with E-state index in [9.17, 15) is 19.3 Å². The summed E-state index contributed by atoms with van der Waals surface area (Å²) < 4.78 is 13.5. The van der Waals surface area contributed by atoms with Crippen LogP contribution in [0.5, 0.6) is 0 Å². The summed E-state index contributed by atoms with van der Waals surface area (Å²) in [5.41, 5.74) is 1.09. The summed E-state index contributed by atoms with van der Waals surface area (Å²) in [5.74, 6) is 3.63. The molecule has 0 aliphatic rings. The Kier molecular flexibility index (Phi) is 6.04. The van der Waals surface area contributed by atoms with Crippen molar-refractivity contribution in [1.82, 2.24) is 5.32 Å². The Balaban J connectivity index is 3.14. The van der Waals surface area contributed by atoms with Crippen molar-refractivity contribution < 1.29 is 14.1 Å². The van der Waals surface area contributed by atoms with Gasteiger partial charge in [-0.05, 0) is 18.9 Å². The molecule has 0 aliphatic heterocycles. The van der Waals surface area contributed by atoms with E-state index in [1.165, 1.54) is 0 Å². The van der Waals surface area contributed by atoms with Crippen LogP contribution in [-0.2, 0) is 0 Å². The second-order valence-corrected chi connectivity index (χ2v) is 4.62. The molecule has 0 saturated heterocycles. The number of carbonyl (C=O) groups is 1. The van der Waals surface area contributed by atoms with Crippen LogP contribution >= 0.6 is 0 Å². The number of carbonyl (C=O) groups excluding carboxylic acids is 1. The first-order valence-corrected chi connectivity index (χ1v) is 6.69. The highest BCUT2D eigenvalue weighted by atomic mass is 19.1. The minimum Gasteiger partial charge on any atom is -0.349 e. The molecule has 1 aromatic rings. The molecule has 0 spiro atoms. The van der Waals surface area contributed by atoms with Crippen LogP contribution in [0.25, 0.3) is 0 Å². The summed E-state index contributed by atoms with van der Waals surface area (Å²) >= 11 is 0. The van der Waals surface area contributed by atoms with Gasteiger partial charge in [0, 0.05) is 6.04 Å². The van der Waals surface area contributed by atoms with Gasteiger partial charge in [0.15, 0.2) is 5.82 Å². The first kappa shape index (κ1) is 16.8. The normalized spacial score (nSPS) is 11.8. The molecular formula is C13H19FN4O3. The minimum atomic E-state index is -0.888. The van der Waals surface area contributed by atoms with E-state index in [0.717, 1.165) is 18.9 Å². The van der Waals surface area contributed by atoms with Gasteiger partial charge in [-0.1, -0.05) is 20.3 Å². The molecule has 4 N–H and O–H groups in total. The number of nitrogen functional groups attached to an aromatic ring is 1. The highest BCUT2D eigenvalue weighted by Gasteiger charge is 2.24. The molecule has 0 bridgehead atoms. The average molecular weight is 298 g/mol. The number of nitro benzene ring substituents is 1. The summed E-state index contributed by atoms with van der Waals surface area (Å²) in [4.78, 5) is 22.4. The van der Waals surface area contributed by atoms with Crippen molar-refractivity contribution in [3.8, 4) is 0 Å². The van der Waals surface area contributed by atoms with Gasteiger partial charge >= 0.3 is 0 Å². The Morgan fingerprint density at radius 3 is 2.62 bits per heavy atom. The van der Waals surface area contributed by atoms with Gasteiger partial charge in [-0.25, -0.2) is 4.39 Å². The highest BCUT2D eigenvalue weighted by Crippen LogP contribution is 2.26. The number of nitrogens with one attached hydrogen (secondary N) is 2. The van der Waals surface area contributed by atoms with E-state index in [0.29, 0.717) is 12.5 Å². The maximum Gasteiger partial charge on any atom is 0.285 e. The van der Waals surface area contributed by atoms with Gasteiger partial charge in [0.25, 0.3) is 11.6 Å². The fraction of sp³-hybridized carbons (Fsp3) is 0.462. The lowest BCUT2D eigenvalue weighted by Gasteiger charge is -2.16. The summed E-state index contributed by atoms with van der Waals surface area (Å²) in [6, 6.07) is 1.65. The van der Waals surface area contributed by atoms with Gasteiger partial charge in [0.05, 0.1) is 16.7 Å². The third kappa shape index (κ3) is 4.12. The molecular weight excluding hydrogens is 279 g/mol. The van der Waals surface area contributed by atoms with Crippen molar-refractivity contribution in [1.29, 1.82) is 0 Å². The van der Waals surface area contributed by atoms with Crippen LogP contribution in [-0.4, -0.2) is 16.9 Å². The second kappa shape index (κ2) is 7.53. The van der Waals surface area contributed by atoms with Crippen molar-refractivity contribution >= 4 is 17.3 Å². The minimum absolute atomic E-state index is 0.0820. The summed E-state index contributed by atoms with van der Waals surface area (Å²) in [5, 5.41) is 13.7. The highest BCUT2D eigenvalue weighted by molar-refractivity contribution is 5.99. The number of halogens is 1. The number of nitrogens with two attached hydrogens (primary N) is 1. The third-order valence-electron chi connectivity index (χ3n) is 3.15. The van der Waals surface area contributed by atoms with E-state index in [1.807, 2.05) is 13.8 Å². The summed E-state index contributed by atoms with van der Waals surface area (Å²) in [6.45, 7) is 3.89. The quantitative estimate of drug-likeness (QED) is 0.406. The molecule has 1 aromatic carbocycles. The van der Waals surface area contributed by atoms with Gasteiger partial charge in [-0.15, -0.1) is 0 Å². The lowest BCUT2D eigenvalue weighted by Crippen LogP contribution is -2.34. The van der Waals surface area contributed by atoms with Crippen LogP contribution in [0.4, 0.5) is 15.8 Å². The van der Waals surface area contributed by atoms with Crippen LogP contribution < -0.4 is 16.6 Å². The van der Waals surface area contributed by atoms with Crippen LogP contribution in [0.1, 0.15) is 43.5 Å². The lowest BCUT2D eigenvalue weighted by molar-refractivity contribution is -0.385. The van der Waals surface area contributed by atoms with Gasteiger partial charge < -0.3 is 10.7 Å². The first-order valence-electron chi connectivity index (χ1n) is 6.69. The molecule has 8 heteroatoms.